The van der Waals surface area contributed by atoms with Crippen LogP contribution in [0.3, 0.4) is 0 Å². The molecule has 2 aliphatic rings. The number of benzene rings is 1. The minimum absolute atomic E-state index is 0.574. The van der Waals surface area contributed by atoms with Crippen LogP contribution in [0.15, 0.2) is 18.2 Å². The minimum Gasteiger partial charge on any atom is -0.328 e. The quantitative estimate of drug-likeness (QED) is 0.911. The molecule has 2 bridgehead atoms. The highest BCUT2D eigenvalue weighted by atomic mass is 35.5. The van der Waals surface area contributed by atoms with Gasteiger partial charge in [0.05, 0.1) is 11.0 Å². The van der Waals surface area contributed by atoms with Gasteiger partial charge in [-0.3, -0.25) is 0 Å². The van der Waals surface area contributed by atoms with E-state index in [-0.39, 0.29) is 0 Å². The zero-order valence-electron chi connectivity index (χ0n) is 11.1. The zero-order valence-corrected chi connectivity index (χ0v) is 11.8. The van der Waals surface area contributed by atoms with Crippen molar-refractivity contribution >= 4 is 22.6 Å². The molecule has 4 rings (SSSR count). The van der Waals surface area contributed by atoms with Crippen LogP contribution in [0.2, 0.25) is 5.02 Å². The predicted octanol–water partition coefficient (Wildman–Crippen LogP) is 3.32. The number of halogens is 1. The third kappa shape index (κ3) is 1.72. The average molecular weight is 276 g/mol. The van der Waals surface area contributed by atoms with E-state index in [1.807, 2.05) is 12.1 Å². The van der Waals surface area contributed by atoms with Crippen LogP contribution in [0.5, 0.6) is 0 Å². The molecule has 19 heavy (non-hydrogen) atoms. The third-order valence-electron chi connectivity index (χ3n) is 4.69. The Hall–Kier alpha value is -1.06. The van der Waals surface area contributed by atoms with E-state index in [2.05, 4.69) is 22.9 Å². The molecule has 3 heterocycles. The summed E-state index contributed by atoms with van der Waals surface area (Å²) in [4.78, 5) is 4.88. The first kappa shape index (κ1) is 11.7. The summed E-state index contributed by atoms with van der Waals surface area (Å²) in [6, 6.07) is 7.37. The molecular weight excluding hydrogens is 258 g/mol. The van der Waals surface area contributed by atoms with Crippen LogP contribution in [-0.4, -0.2) is 21.6 Å². The largest absolute Gasteiger partial charge is 0.328 e. The minimum atomic E-state index is 0.574. The van der Waals surface area contributed by atoms with E-state index in [9.17, 15) is 0 Å². The van der Waals surface area contributed by atoms with E-state index in [1.54, 1.807) is 0 Å². The van der Waals surface area contributed by atoms with Crippen molar-refractivity contribution < 1.29 is 0 Å². The van der Waals surface area contributed by atoms with Gasteiger partial charge < -0.3 is 9.88 Å². The van der Waals surface area contributed by atoms with E-state index >= 15 is 0 Å². The number of hydrogen-bond acceptors (Lipinski definition) is 2. The molecule has 4 heteroatoms. The molecular formula is C15H18ClN3. The fourth-order valence-corrected chi connectivity index (χ4v) is 4.01. The molecule has 3 nitrogen and oxygen atoms in total. The van der Waals surface area contributed by atoms with E-state index < -0.39 is 0 Å². The van der Waals surface area contributed by atoms with Crippen LogP contribution >= 0.6 is 11.6 Å². The number of fused-ring (bicyclic) bond motifs is 3. The van der Waals surface area contributed by atoms with Crippen LogP contribution in [0.4, 0.5) is 0 Å². The van der Waals surface area contributed by atoms with Gasteiger partial charge in [0.25, 0.3) is 0 Å². The van der Waals surface area contributed by atoms with Crippen LogP contribution in [0, 0.1) is 0 Å². The Kier molecular flexibility index (Phi) is 2.61. The molecule has 1 aromatic heterocycles. The van der Waals surface area contributed by atoms with Crippen LogP contribution in [0.1, 0.15) is 37.9 Å². The van der Waals surface area contributed by atoms with Gasteiger partial charge in [-0.05, 0) is 44.4 Å². The Morgan fingerprint density at radius 3 is 3.00 bits per heavy atom. The Morgan fingerprint density at radius 2 is 2.32 bits per heavy atom. The lowest BCUT2D eigenvalue weighted by Crippen LogP contribution is -2.23. The number of aryl methyl sites for hydroxylation is 1. The number of hydrogen-bond donors (Lipinski definition) is 1. The molecule has 2 saturated heterocycles. The second kappa shape index (κ2) is 4.22. The summed E-state index contributed by atoms with van der Waals surface area (Å²) in [5, 5.41) is 4.47. The highest BCUT2D eigenvalue weighted by molar-refractivity contribution is 6.31. The van der Waals surface area contributed by atoms with Gasteiger partial charge in [0.15, 0.2) is 0 Å². The first-order valence-electron chi connectivity index (χ1n) is 7.18. The van der Waals surface area contributed by atoms with Crippen molar-refractivity contribution in [3.05, 3.63) is 29.0 Å². The fraction of sp³-hybridized carbons (Fsp3) is 0.533. The van der Waals surface area contributed by atoms with Crippen molar-refractivity contribution in [3.63, 3.8) is 0 Å². The zero-order chi connectivity index (χ0) is 13.0. The number of aromatic nitrogens is 2. The van der Waals surface area contributed by atoms with Gasteiger partial charge in [-0.1, -0.05) is 11.6 Å². The molecule has 2 fully saturated rings. The molecule has 0 aliphatic carbocycles. The Labute approximate surface area is 118 Å². The van der Waals surface area contributed by atoms with Crippen molar-refractivity contribution in [3.8, 4) is 0 Å². The van der Waals surface area contributed by atoms with Crippen molar-refractivity contribution in [2.24, 2.45) is 0 Å². The molecule has 0 spiro atoms. The van der Waals surface area contributed by atoms with Crippen molar-refractivity contribution in [1.29, 1.82) is 0 Å². The molecule has 3 unspecified atom stereocenters. The third-order valence-corrected chi connectivity index (χ3v) is 4.92. The number of nitrogens with zero attached hydrogens (tertiary/aromatic N) is 2. The highest BCUT2D eigenvalue weighted by Gasteiger charge is 2.41. The van der Waals surface area contributed by atoms with Crippen molar-refractivity contribution in [2.75, 3.05) is 0 Å². The maximum atomic E-state index is 6.08. The Morgan fingerprint density at radius 1 is 1.42 bits per heavy atom. The van der Waals surface area contributed by atoms with Gasteiger partial charge in [0.1, 0.15) is 5.82 Å². The smallest absolute Gasteiger partial charge is 0.114 e. The second-order valence-electron chi connectivity index (χ2n) is 5.74. The molecule has 1 N–H and O–H groups in total. The molecule has 2 aliphatic heterocycles. The summed E-state index contributed by atoms with van der Waals surface area (Å²) >= 11 is 6.08. The number of nitrogens with one attached hydrogen (secondary N) is 1. The summed E-state index contributed by atoms with van der Waals surface area (Å²) in [6.45, 7) is 3.17. The molecule has 0 saturated carbocycles. The van der Waals surface area contributed by atoms with Crippen molar-refractivity contribution in [2.45, 2.75) is 50.7 Å². The highest BCUT2D eigenvalue weighted by Crippen LogP contribution is 2.40. The fourth-order valence-electron chi connectivity index (χ4n) is 3.85. The molecule has 1 aromatic carbocycles. The normalized spacial score (nSPS) is 29.5. The van der Waals surface area contributed by atoms with Gasteiger partial charge in [-0.15, -0.1) is 0 Å². The van der Waals surface area contributed by atoms with E-state index in [0.29, 0.717) is 18.0 Å². The van der Waals surface area contributed by atoms with Crippen LogP contribution in [-0.2, 0) is 6.54 Å². The van der Waals surface area contributed by atoms with E-state index in [4.69, 9.17) is 16.6 Å². The molecule has 3 atom stereocenters. The lowest BCUT2D eigenvalue weighted by molar-refractivity contribution is 0.471. The predicted molar refractivity (Wildman–Crippen MR) is 77.7 cm³/mol. The van der Waals surface area contributed by atoms with Crippen molar-refractivity contribution in [1.82, 2.24) is 14.9 Å². The summed E-state index contributed by atoms with van der Waals surface area (Å²) in [5.41, 5.74) is 2.25. The summed E-state index contributed by atoms with van der Waals surface area (Å²) < 4.78 is 2.36. The maximum absolute atomic E-state index is 6.08. The maximum Gasteiger partial charge on any atom is 0.114 e. The second-order valence-corrected chi connectivity index (χ2v) is 6.17. The monoisotopic (exact) mass is 275 g/mol. The molecule has 0 amide bonds. The number of rotatable bonds is 2. The lowest BCUT2D eigenvalue weighted by atomic mass is 9.88. The number of imidazole rings is 1. The first-order valence-corrected chi connectivity index (χ1v) is 7.56. The average Bonchev–Trinajstić information content (AvgIpc) is 3.10. The van der Waals surface area contributed by atoms with E-state index in [1.165, 1.54) is 30.6 Å². The van der Waals surface area contributed by atoms with Gasteiger partial charge in [0.2, 0.25) is 0 Å². The molecule has 0 radical (unpaired) electrons. The lowest BCUT2D eigenvalue weighted by Gasteiger charge is -2.20. The van der Waals surface area contributed by atoms with E-state index in [0.717, 1.165) is 17.1 Å². The summed E-state index contributed by atoms with van der Waals surface area (Å²) in [5.74, 6) is 1.82. The van der Waals surface area contributed by atoms with Crippen LogP contribution in [0.25, 0.3) is 11.0 Å². The molecule has 2 aromatic rings. The summed E-state index contributed by atoms with van der Waals surface area (Å²) in [7, 11) is 0. The Bertz CT molecular complexity index is 634. The summed E-state index contributed by atoms with van der Waals surface area (Å²) in [6.07, 6.45) is 3.87. The van der Waals surface area contributed by atoms with Gasteiger partial charge >= 0.3 is 0 Å². The molecule has 100 valence electrons. The van der Waals surface area contributed by atoms with Gasteiger partial charge in [0, 0.05) is 29.6 Å². The van der Waals surface area contributed by atoms with Crippen LogP contribution < -0.4 is 5.32 Å². The first-order chi connectivity index (χ1) is 9.26. The topological polar surface area (TPSA) is 29.9 Å². The Balaban J connectivity index is 1.85. The van der Waals surface area contributed by atoms with Gasteiger partial charge in [-0.2, -0.15) is 0 Å². The SMILES string of the molecule is CCn1c(C2CC3CCC2N3)nc2cc(Cl)ccc21. The standard InChI is InChI=1S/C15H18ClN3/c1-2-19-14-6-3-9(16)7-13(14)18-15(19)11-8-10-4-5-12(11)17-10/h3,6-7,10-12,17H,2,4-5,8H2,1H3. The van der Waals surface area contributed by atoms with Gasteiger partial charge in [-0.25, -0.2) is 4.98 Å².